The van der Waals surface area contributed by atoms with Crippen LogP contribution in [-0.2, 0) is 6.18 Å². The van der Waals surface area contributed by atoms with Gasteiger partial charge in [0.1, 0.15) is 0 Å². The van der Waals surface area contributed by atoms with E-state index in [4.69, 9.17) is 0 Å². The summed E-state index contributed by atoms with van der Waals surface area (Å²) >= 11 is 0. The summed E-state index contributed by atoms with van der Waals surface area (Å²) in [4.78, 5) is 14.4. The van der Waals surface area contributed by atoms with Gasteiger partial charge in [0, 0.05) is 11.6 Å². The van der Waals surface area contributed by atoms with Crippen LogP contribution in [0.1, 0.15) is 17.8 Å². The van der Waals surface area contributed by atoms with Gasteiger partial charge in [-0.05, 0) is 6.07 Å². The van der Waals surface area contributed by atoms with Crippen LogP contribution in [0, 0.1) is 10.1 Å². The number of fused-ring (bicyclic) bond motifs is 1. The quantitative estimate of drug-likeness (QED) is 0.520. The fourth-order valence-corrected chi connectivity index (χ4v) is 1.52. The first-order valence-electron chi connectivity index (χ1n) is 4.73. The van der Waals surface area contributed by atoms with Crippen molar-refractivity contribution in [3.63, 3.8) is 0 Å². The summed E-state index contributed by atoms with van der Waals surface area (Å²) in [7, 11) is 0. The van der Waals surface area contributed by atoms with Crippen LogP contribution in [0.4, 0.5) is 27.6 Å². The van der Waals surface area contributed by atoms with Crippen molar-refractivity contribution in [2.45, 2.75) is 12.6 Å². The molecule has 1 aromatic heterocycles. The summed E-state index contributed by atoms with van der Waals surface area (Å²) in [5.41, 5.74) is -2.73. The van der Waals surface area contributed by atoms with Gasteiger partial charge in [0.2, 0.25) is 5.82 Å². The number of nitro benzene ring substituents is 1. The van der Waals surface area contributed by atoms with Gasteiger partial charge in [-0.2, -0.15) is 13.2 Å². The predicted octanol–water partition coefficient (Wildman–Crippen LogP) is 3.43. The number of aromatic nitrogens is 2. The first kappa shape index (κ1) is 13.2. The van der Waals surface area contributed by atoms with Gasteiger partial charge in [0.25, 0.3) is 12.1 Å². The van der Waals surface area contributed by atoms with Gasteiger partial charge in [-0.3, -0.25) is 10.1 Å². The highest BCUT2D eigenvalue weighted by molar-refractivity contribution is 5.85. The Morgan fingerprint density at radius 3 is 2.42 bits per heavy atom. The molecule has 0 radical (unpaired) electrons. The number of H-pyrrole nitrogens is 1. The van der Waals surface area contributed by atoms with E-state index >= 15 is 0 Å². The van der Waals surface area contributed by atoms with E-state index in [1.807, 2.05) is 0 Å². The number of nitro groups is 1. The highest BCUT2D eigenvalue weighted by Crippen LogP contribution is 2.34. The maximum absolute atomic E-state index is 12.5. The molecule has 0 saturated heterocycles. The topological polar surface area (TPSA) is 71.8 Å². The number of rotatable bonds is 2. The van der Waals surface area contributed by atoms with Crippen molar-refractivity contribution in [2.75, 3.05) is 0 Å². The molecule has 19 heavy (non-hydrogen) atoms. The minimum Gasteiger partial charge on any atom is -0.334 e. The molecule has 1 aromatic carbocycles. The molecule has 0 aliphatic heterocycles. The third-order valence-corrected chi connectivity index (χ3v) is 2.31. The number of alkyl halides is 5. The number of imidazole rings is 1. The molecular weight excluding hydrogens is 277 g/mol. The van der Waals surface area contributed by atoms with Gasteiger partial charge >= 0.3 is 6.18 Å². The maximum Gasteiger partial charge on any atom is 0.449 e. The highest BCUT2D eigenvalue weighted by Gasteiger charge is 2.36. The smallest absolute Gasteiger partial charge is 0.334 e. The van der Waals surface area contributed by atoms with Gasteiger partial charge in [-0.25, -0.2) is 13.8 Å². The number of benzene rings is 1. The third kappa shape index (κ3) is 2.33. The summed E-state index contributed by atoms with van der Waals surface area (Å²) in [5, 5.41) is 10.7. The fraction of sp³-hybridized carbons (Fsp3) is 0.222. The summed E-state index contributed by atoms with van der Waals surface area (Å²) in [6.45, 7) is 0. The summed E-state index contributed by atoms with van der Waals surface area (Å²) in [6.07, 6.45) is -7.89. The summed E-state index contributed by atoms with van der Waals surface area (Å²) < 4.78 is 62.2. The van der Waals surface area contributed by atoms with Crippen molar-refractivity contribution in [3.8, 4) is 0 Å². The number of non-ortho nitro benzene ring substituents is 1. The van der Waals surface area contributed by atoms with Crippen LogP contribution in [0.2, 0.25) is 0 Å². The van der Waals surface area contributed by atoms with E-state index in [0.29, 0.717) is 12.1 Å². The van der Waals surface area contributed by atoms with Crippen molar-refractivity contribution in [3.05, 3.63) is 33.6 Å². The monoisotopic (exact) mass is 281 g/mol. The van der Waals surface area contributed by atoms with E-state index in [1.165, 1.54) is 0 Å². The molecule has 0 bridgehead atoms. The van der Waals surface area contributed by atoms with Crippen molar-refractivity contribution >= 4 is 16.7 Å². The Balaban J connectivity index is 2.75. The molecule has 1 heterocycles. The molecule has 0 unspecified atom stereocenters. The first-order chi connectivity index (χ1) is 8.70. The second-order valence-electron chi connectivity index (χ2n) is 3.58. The lowest BCUT2D eigenvalue weighted by molar-refractivity contribution is -0.383. The number of aromatic amines is 1. The van der Waals surface area contributed by atoms with Gasteiger partial charge in [-0.1, -0.05) is 0 Å². The van der Waals surface area contributed by atoms with Crippen LogP contribution in [0.3, 0.4) is 0 Å². The molecule has 1 N–H and O–H groups in total. The average molecular weight is 281 g/mol. The molecule has 0 saturated carbocycles. The number of nitrogens with one attached hydrogen (secondary N) is 1. The van der Waals surface area contributed by atoms with Gasteiger partial charge in [-0.15, -0.1) is 0 Å². The molecule has 0 amide bonds. The van der Waals surface area contributed by atoms with E-state index in [2.05, 4.69) is 4.98 Å². The van der Waals surface area contributed by atoms with Crippen molar-refractivity contribution in [1.82, 2.24) is 9.97 Å². The lowest BCUT2D eigenvalue weighted by atomic mass is 10.2. The molecule has 0 spiro atoms. The summed E-state index contributed by atoms with van der Waals surface area (Å²) in [5.74, 6) is -1.47. The molecule has 5 nitrogen and oxygen atoms in total. The van der Waals surface area contributed by atoms with Gasteiger partial charge < -0.3 is 4.98 Å². The largest absolute Gasteiger partial charge is 0.449 e. The Morgan fingerprint density at radius 2 is 1.95 bits per heavy atom. The zero-order valence-corrected chi connectivity index (χ0v) is 8.83. The Hall–Kier alpha value is -2.26. The molecule has 2 aromatic rings. The van der Waals surface area contributed by atoms with Crippen LogP contribution < -0.4 is 0 Å². The standard InChI is InChI=1S/C9H4F5N3O2/c10-7(11)3-1-4-6(5(2-3)17(18)19)16-8(15-4)9(12,13)14/h1-2,7H,(H,15,16). The van der Waals surface area contributed by atoms with Gasteiger partial charge in [0.05, 0.1) is 10.4 Å². The molecule has 0 aliphatic rings. The minimum atomic E-state index is -4.85. The normalized spacial score (nSPS) is 12.3. The van der Waals surface area contributed by atoms with Crippen LogP contribution in [0.5, 0.6) is 0 Å². The van der Waals surface area contributed by atoms with Crippen LogP contribution in [0.15, 0.2) is 12.1 Å². The number of hydrogen-bond acceptors (Lipinski definition) is 3. The molecule has 2 rings (SSSR count). The van der Waals surface area contributed by atoms with Crippen molar-refractivity contribution in [1.29, 1.82) is 0 Å². The van der Waals surface area contributed by atoms with Crippen LogP contribution in [-0.4, -0.2) is 14.9 Å². The Kier molecular flexibility index (Phi) is 2.87. The molecule has 102 valence electrons. The SMILES string of the molecule is O=[N+]([O-])c1cc(C(F)F)cc2[nH]c(C(F)(F)F)nc12. The molecule has 0 atom stereocenters. The van der Waals surface area contributed by atoms with E-state index in [-0.39, 0.29) is 0 Å². The van der Waals surface area contributed by atoms with E-state index < -0.39 is 45.6 Å². The lowest BCUT2D eigenvalue weighted by Gasteiger charge is -1.99. The molecule has 0 fully saturated rings. The number of nitrogens with zero attached hydrogens (tertiary/aromatic N) is 2. The predicted molar refractivity (Wildman–Crippen MR) is 52.7 cm³/mol. The summed E-state index contributed by atoms with van der Waals surface area (Å²) in [6, 6.07) is 1.21. The zero-order chi connectivity index (χ0) is 14.4. The third-order valence-electron chi connectivity index (χ3n) is 2.31. The van der Waals surface area contributed by atoms with E-state index in [0.717, 1.165) is 0 Å². The first-order valence-corrected chi connectivity index (χ1v) is 4.73. The molecular formula is C9H4F5N3O2. The second kappa shape index (κ2) is 4.14. The van der Waals surface area contributed by atoms with Crippen molar-refractivity contribution < 1.29 is 26.9 Å². The van der Waals surface area contributed by atoms with E-state index in [1.54, 1.807) is 4.98 Å². The minimum absolute atomic E-state index is 0.461. The zero-order valence-electron chi connectivity index (χ0n) is 8.83. The second-order valence-corrected chi connectivity index (χ2v) is 3.58. The van der Waals surface area contributed by atoms with Crippen molar-refractivity contribution in [2.24, 2.45) is 0 Å². The van der Waals surface area contributed by atoms with Gasteiger partial charge in [0.15, 0.2) is 5.52 Å². The highest BCUT2D eigenvalue weighted by atomic mass is 19.4. The number of halogens is 5. The average Bonchev–Trinajstić information content (AvgIpc) is 2.70. The van der Waals surface area contributed by atoms with E-state index in [9.17, 15) is 32.1 Å². The Morgan fingerprint density at radius 1 is 1.32 bits per heavy atom. The molecule has 0 aliphatic carbocycles. The Bertz CT molecular complexity index is 649. The molecule has 10 heteroatoms. The van der Waals surface area contributed by atoms with Crippen LogP contribution in [0.25, 0.3) is 11.0 Å². The maximum atomic E-state index is 12.5. The number of hydrogen-bond donors (Lipinski definition) is 1. The Labute approximate surface area is 101 Å². The van der Waals surface area contributed by atoms with Crippen LogP contribution >= 0.6 is 0 Å². The lowest BCUT2D eigenvalue weighted by Crippen LogP contribution is -2.06. The fourth-order valence-electron chi connectivity index (χ4n) is 1.52.